The highest BCUT2D eigenvalue weighted by molar-refractivity contribution is 5.95. The number of hydrogen-bond donors (Lipinski definition) is 3. The van der Waals surface area contributed by atoms with Gasteiger partial charge in [-0.1, -0.05) is 54.6 Å². The number of fused-ring (bicyclic) bond motifs is 4. The smallest absolute Gasteiger partial charge is 0.251 e. The Kier molecular flexibility index (Phi) is 10.7. The maximum Gasteiger partial charge on any atom is 0.251 e. The zero-order valence-corrected chi connectivity index (χ0v) is 27.1. The Morgan fingerprint density at radius 3 is 2.53 bits per heavy atom. The van der Waals surface area contributed by atoms with Gasteiger partial charge >= 0.3 is 0 Å². The van der Waals surface area contributed by atoms with E-state index in [0.717, 1.165) is 16.7 Å². The van der Waals surface area contributed by atoms with E-state index in [9.17, 15) is 14.4 Å². The highest BCUT2D eigenvalue weighted by Crippen LogP contribution is 2.28. The van der Waals surface area contributed by atoms with Crippen LogP contribution in [0.3, 0.4) is 0 Å². The Balaban J connectivity index is 0.00000433. The third-order valence-electron chi connectivity index (χ3n) is 8.18. The third-order valence-corrected chi connectivity index (χ3v) is 8.18. The largest absolute Gasteiger partial charge is 0.493 e. The number of ether oxygens (including phenoxy) is 2. The minimum absolute atomic E-state index is 0. The molecule has 246 valence electrons. The van der Waals surface area contributed by atoms with Crippen LogP contribution in [0, 0.1) is 0 Å². The van der Waals surface area contributed by atoms with Gasteiger partial charge in [0.25, 0.3) is 5.91 Å². The van der Waals surface area contributed by atoms with Crippen molar-refractivity contribution in [2.24, 2.45) is 0 Å². The monoisotopic (exact) mass is 659 g/mol. The molecule has 3 heterocycles. The number of halogens is 1. The second-order valence-electron chi connectivity index (χ2n) is 11.3. The first-order valence-corrected chi connectivity index (χ1v) is 15.4. The number of amides is 3. The Labute approximate surface area is 279 Å². The number of methoxy groups -OCH3 is 1. The van der Waals surface area contributed by atoms with Gasteiger partial charge in [0.05, 0.1) is 32.3 Å². The molecule has 0 unspecified atom stereocenters. The molecule has 13 heteroatoms. The summed E-state index contributed by atoms with van der Waals surface area (Å²) in [6.45, 7) is 3.01. The maximum atomic E-state index is 13.8. The lowest BCUT2D eigenvalue weighted by molar-refractivity contribution is -0.138. The average molecular weight is 660 g/mol. The molecule has 0 aliphatic carbocycles. The first kappa shape index (κ1) is 33.4. The lowest BCUT2D eigenvalue weighted by Crippen LogP contribution is -2.53. The van der Waals surface area contributed by atoms with Crippen LogP contribution in [0.25, 0.3) is 11.4 Å². The van der Waals surface area contributed by atoms with Gasteiger partial charge in [-0.05, 0) is 42.7 Å². The van der Waals surface area contributed by atoms with Gasteiger partial charge in [-0.3, -0.25) is 14.4 Å². The minimum Gasteiger partial charge on any atom is -0.493 e. The summed E-state index contributed by atoms with van der Waals surface area (Å²) in [7, 11) is 1.54. The summed E-state index contributed by atoms with van der Waals surface area (Å²) in [6, 6.07) is 21.5. The molecular weight excluding hydrogens is 622 g/mol. The summed E-state index contributed by atoms with van der Waals surface area (Å²) in [4.78, 5) is 46.7. The van der Waals surface area contributed by atoms with Crippen LogP contribution >= 0.6 is 12.4 Å². The summed E-state index contributed by atoms with van der Waals surface area (Å²) in [5.41, 5.74) is 3.46. The van der Waals surface area contributed by atoms with E-state index in [1.54, 1.807) is 22.9 Å². The minimum atomic E-state index is -0.526. The Hall–Kier alpha value is -4.94. The average Bonchev–Trinajstić information content (AvgIpc) is 3.51. The van der Waals surface area contributed by atoms with Crippen molar-refractivity contribution >= 4 is 30.1 Å². The molecule has 2 atom stereocenters. The quantitative estimate of drug-likeness (QED) is 0.305. The number of carbonyl (C=O) groups excluding carboxylic acids is 3. The molecule has 2 bridgehead atoms. The number of rotatable bonds is 3. The van der Waals surface area contributed by atoms with Crippen molar-refractivity contribution in [2.75, 3.05) is 33.4 Å². The zero-order chi connectivity index (χ0) is 32.0. The molecular formula is C34H38ClN7O5. The van der Waals surface area contributed by atoms with Gasteiger partial charge in [0.15, 0.2) is 17.3 Å². The molecule has 0 saturated heterocycles. The van der Waals surface area contributed by atoms with Crippen molar-refractivity contribution < 1.29 is 23.9 Å². The first-order chi connectivity index (χ1) is 22.4. The second-order valence-corrected chi connectivity index (χ2v) is 11.3. The summed E-state index contributed by atoms with van der Waals surface area (Å²) in [5.74, 6) is 1.06. The lowest BCUT2D eigenvalue weighted by Gasteiger charge is -2.31. The summed E-state index contributed by atoms with van der Waals surface area (Å²) in [5, 5.41) is 13.9. The lowest BCUT2D eigenvalue weighted by atomic mass is 9.95. The van der Waals surface area contributed by atoms with E-state index >= 15 is 0 Å². The van der Waals surface area contributed by atoms with Gasteiger partial charge in [-0.15, -0.1) is 12.4 Å². The Morgan fingerprint density at radius 1 is 0.979 bits per heavy atom. The number of nitrogens with one attached hydrogen (secondary N) is 3. The maximum absolute atomic E-state index is 13.8. The topological polar surface area (TPSA) is 140 Å². The van der Waals surface area contributed by atoms with Crippen LogP contribution in [0.1, 0.15) is 40.3 Å². The molecule has 0 saturated carbocycles. The van der Waals surface area contributed by atoms with Crippen LogP contribution in [0.2, 0.25) is 0 Å². The first-order valence-electron chi connectivity index (χ1n) is 15.4. The molecule has 3 aromatic carbocycles. The molecule has 0 spiro atoms. The van der Waals surface area contributed by atoms with E-state index in [1.165, 1.54) is 12.0 Å². The van der Waals surface area contributed by atoms with Gasteiger partial charge in [0, 0.05) is 30.8 Å². The highest BCUT2D eigenvalue weighted by atomic mass is 35.5. The van der Waals surface area contributed by atoms with Crippen molar-refractivity contribution in [3.05, 3.63) is 95.3 Å². The summed E-state index contributed by atoms with van der Waals surface area (Å²) in [6.07, 6.45) is 0.510. The number of benzene rings is 3. The molecule has 0 fully saturated rings. The third kappa shape index (κ3) is 7.72. The van der Waals surface area contributed by atoms with E-state index in [2.05, 4.69) is 16.0 Å². The SMILES string of the molecule is COc1ccc2cc1OCCn1nc(-c3ccccc3)nc1[C@@H](C)NC(=O)CN(C(=O)[C@H]1Cc3ccccc3CN1)CCNC2=O.Cl. The van der Waals surface area contributed by atoms with Gasteiger partial charge in [0.1, 0.15) is 12.4 Å². The normalized spacial score (nSPS) is 18.6. The van der Waals surface area contributed by atoms with Crippen molar-refractivity contribution in [3.8, 4) is 22.9 Å². The molecule has 1 aromatic heterocycles. The van der Waals surface area contributed by atoms with Gasteiger partial charge in [0.2, 0.25) is 11.8 Å². The van der Waals surface area contributed by atoms with E-state index in [0.29, 0.717) is 48.2 Å². The molecule has 2 aliphatic rings. The fourth-order valence-electron chi connectivity index (χ4n) is 5.77. The van der Waals surface area contributed by atoms with E-state index < -0.39 is 12.1 Å². The molecule has 6 rings (SSSR count). The zero-order valence-electron chi connectivity index (χ0n) is 26.3. The summed E-state index contributed by atoms with van der Waals surface area (Å²) < 4.78 is 13.3. The fourth-order valence-corrected chi connectivity index (χ4v) is 5.77. The van der Waals surface area contributed by atoms with Gasteiger partial charge < -0.3 is 30.3 Å². The van der Waals surface area contributed by atoms with Gasteiger partial charge in [-0.25, -0.2) is 9.67 Å². The summed E-state index contributed by atoms with van der Waals surface area (Å²) >= 11 is 0. The standard InChI is InChI=1S/C34H37N7O5.ClH/c1-22-32-38-31(23-8-4-3-5-9-23)39-41(32)16-17-46-29-19-25(12-13-28(29)45-2)33(43)35-14-15-40(21-30(42)37-22)34(44)27-18-24-10-6-7-11-26(24)20-36-27;/h3-13,19,22,27,36H,14-18,20-21H2,1-2H3,(H,35,43)(H,37,42);1H/t22-,27-;/m1./s1. The number of nitrogens with zero attached hydrogens (tertiary/aromatic N) is 4. The van der Waals surface area contributed by atoms with Crippen LogP contribution in [0.5, 0.6) is 11.5 Å². The van der Waals surface area contributed by atoms with Crippen LogP contribution in [-0.2, 0) is 29.1 Å². The van der Waals surface area contributed by atoms with E-state index in [4.69, 9.17) is 19.6 Å². The molecule has 4 aromatic rings. The van der Waals surface area contributed by atoms with Crippen LogP contribution in [-0.4, -0.2) is 76.8 Å². The Bertz CT molecular complexity index is 1730. The molecule has 12 nitrogen and oxygen atoms in total. The van der Waals surface area contributed by atoms with Crippen LogP contribution in [0.15, 0.2) is 72.8 Å². The van der Waals surface area contributed by atoms with E-state index in [-0.39, 0.29) is 56.4 Å². The van der Waals surface area contributed by atoms with E-state index in [1.807, 2.05) is 61.5 Å². The number of aromatic nitrogens is 3. The second kappa shape index (κ2) is 15.1. The van der Waals surface area contributed by atoms with Crippen molar-refractivity contribution in [1.29, 1.82) is 0 Å². The number of carbonyl (C=O) groups is 3. The van der Waals surface area contributed by atoms with Crippen molar-refractivity contribution in [2.45, 2.75) is 38.5 Å². The highest BCUT2D eigenvalue weighted by Gasteiger charge is 2.30. The van der Waals surface area contributed by atoms with Crippen LogP contribution in [0.4, 0.5) is 0 Å². The molecule has 47 heavy (non-hydrogen) atoms. The molecule has 3 amide bonds. The van der Waals surface area contributed by atoms with Crippen LogP contribution < -0.4 is 25.4 Å². The Morgan fingerprint density at radius 2 is 1.74 bits per heavy atom. The predicted molar refractivity (Wildman–Crippen MR) is 177 cm³/mol. The van der Waals surface area contributed by atoms with Gasteiger partial charge in [-0.2, -0.15) is 5.10 Å². The fraction of sp³-hybridized carbons (Fsp3) is 0.324. The molecule has 2 aliphatic heterocycles. The predicted octanol–water partition coefficient (Wildman–Crippen LogP) is 2.92. The van der Waals surface area contributed by atoms with Crippen molar-refractivity contribution in [1.82, 2.24) is 35.6 Å². The van der Waals surface area contributed by atoms with Crippen molar-refractivity contribution in [3.63, 3.8) is 0 Å². The number of hydrogen-bond acceptors (Lipinski definition) is 8. The molecule has 3 N–H and O–H groups in total. The molecule has 0 radical (unpaired) electrons.